The van der Waals surface area contributed by atoms with Crippen LogP contribution in [-0.4, -0.2) is 12.0 Å². The minimum atomic E-state index is 0.212. The zero-order valence-corrected chi connectivity index (χ0v) is 11.6. The van der Waals surface area contributed by atoms with Crippen molar-refractivity contribution in [2.24, 2.45) is 0 Å². The van der Waals surface area contributed by atoms with E-state index in [1.807, 2.05) is 19.5 Å². The summed E-state index contributed by atoms with van der Waals surface area (Å²) in [5.41, 5.74) is 5.45. The molecule has 0 aliphatic rings. The fourth-order valence-corrected chi connectivity index (χ4v) is 2.67. The van der Waals surface area contributed by atoms with Gasteiger partial charge in [0.15, 0.2) is 0 Å². The molecule has 1 aromatic heterocycles. The van der Waals surface area contributed by atoms with E-state index in [1.54, 1.807) is 11.3 Å². The van der Waals surface area contributed by atoms with E-state index in [1.165, 1.54) is 16.0 Å². The van der Waals surface area contributed by atoms with Crippen molar-refractivity contribution in [2.45, 2.75) is 11.9 Å². The van der Waals surface area contributed by atoms with Gasteiger partial charge < -0.3 is 5.32 Å². The molecule has 1 heterocycles. The number of thiazole rings is 1. The van der Waals surface area contributed by atoms with Crippen molar-refractivity contribution in [1.29, 1.82) is 0 Å². The molecule has 0 radical (unpaired) electrons. The zero-order valence-electron chi connectivity index (χ0n) is 9.20. The third-order valence-electron chi connectivity index (χ3n) is 2.46. The van der Waals surface area contributed by atoms with Crippen LogP contribution in [0.25, 0.3) is 10.4 Å². The molecule has 4 heteroatoms. The lowest BCUT2D eigenvalue weighted by Gasteiger charge is -2.09. The van der Waals surface area contributed by atoms with Crippen LogP contribution in [0.15, 0.2) is 29.8 Å². The van der Waals surface area contributed by atoms with E-state index in [9.17, 15) is 0 Å². The fourth-order valence-electron chi connectivity index (χ4n) is 1.55. The van der Waals surface area contributed by atoms with Gasteiger partial charge in [0.2, 0.25) is 0 Å². The standard InChI is InChI=1S/C12H13BrN2S/c1-8-11(16-7-15-8)9-3-5-10(6-4-9)12(13)14-2/h3-7,12,14H,1-2H3. The van der Waals surface area contributed by atoms with Crippen LogP contribution in [0, 0.1) is 6.92 Å². The lowest BCUT2D eigenvalue weighted by atomic mass is 10.1. The molecule has 2 aromatic rings. The summed E-state index contributed by atoms with van der Waals surface area (Å²) < 4.78 is 0. The van der Waals surface area contributed by atoms with Crippen molar-refractivity contribution in [3.8, 4) is 10.4 Å². The van der Waals surface area contributed by atoms with Gasteiger partial charge in [-0.25, -0.2) is 4.98 Å². The van der Waals surface area contributed by atoms with Crippen LogP contribution in [-0.2, 0) is 0 Å². The molecule has 1 N–H and O–H groups in total. The molecule has 1 unspecified atom stereocenters. The van der Waals surface area contributed by atoms with Gasteiger partial charge in [-0.1, -0.05) is 40.2 Å². The number of benzene rings is 1. The summed E-state index contributed by atoms with van der Waals surface area (Å²) in [6, 6.07) is 8.54. The number of nitrogens with zero attached hydrogens (tertiary/aromatic N) is 1. The lowest BCUT2D eigenvalue weighted by Crippen LogP contribution is -2.08. The first kappa shape index (κ1) is 11.8. The summed E-state index contributed by atoms with van der Waals surface area (Å²) in [6.07, 6.45) is 0. The Morgan fingerprint density at radius 3 is 2.50 bits per heavy atom. The predicted molar refractivity (Wildman–Crippen MR) is 73.0 cm³/mol. The van der Waals surface area contributed by atoms with Gasteiger partial charge in [-0.15, -0.1) is 11.3 Å². The van der Waals surface area contributed by atoms with Crippen LogP contribution >= 0.6 is 27.3 Å². The second-order valence-corrected chi connectivity index (χ2v) is 5.31. The Balaban J connectivity index is 2.30. The maximum Gasteiger partial charge on any atom is 0.0884 e. The number of rotatable bonds is 3. The third kappa shape index (κ3) is 2.34. The second kappa shape index (κ2) is 5.08. The van der Waals surface area contributed by atoms with E-state index in [-0.39, 0.29) is 4.95 Å². The Morgan fingerprint density at radius 1 is 1.31 bits per heavy atom. The Bertz CT molecular complexity index is 464. The largest absolute Gasteiger partial charge is 0.304 e. The van der Waals surface area contributed by atoms with Crippen LogP contribution in [0.2, 0.25) is 0 Å². The van der Waals surface area contributed by atoms with E-state index in [4.69, 9.17) is 0 Å². The summed E-state index contributed by atoms with van der Waals surface area (Å²) in [5, 5.41) is 3.15. The molecule has 0 saturated carbocycles. The van der Waals surface area contributed by atoms with Crippen molar-refractivity contribution in [1.82, 2.24) is 10.3 Å². The van der Waals surface area contributed by atoms with Crippen LogP contribution in [0.5, 0.6) is 0 Å². The average Bonchev–Trinajstić information content (AvgIpc) is 2.75. The van der Waals surface area contributed by atoms with Gasteiger partial charge in [0.25, 0.3) is 0 Å². The van der Waals surface area contributed by atoms with Gasteiger partial charge >= 0.3 is 0 Å². The number of alkyl halides is 1. The highest BCUT2D eigenvalue weighted by Crippen LogP contribution is 2.29. The normalized spacial score (nSPS) is 12.7. The summed E-state index contributed by atoms with van der Waals surface area (Å²) in [6.45, 7) is 2.04. The number of aromatic nitrogens is 1. The molecule has 1 atom stereocenters. The van der Waals surface area contributed by atoms with Gasteiger partial charge in [-0.2, -0.15) is 0 Å². The molecule has 2 rings (SSSR count). The molecule has 2 nitrogen and oxygen atoms in total. The number of hydrogen-bond acceptors (Lipinski definition) is 3. The Kier molecular flexibility index (Phi) is 3.74. The number of aryl methyl sites for hydroxylation is 1. The minimum absolute atomic E-state index is 0.212. The Morgan fingerprint density at radius 2 is 2.00 bits per heavy atom. The second-order valence-electron chi connectivity index (χ2n) is 3.54. The molecule has 0 bridgehead atoms. The van der Waals surface area contributed by atoms with E-state index in [0.717, 1.165) is 5.69 Å². The molecule has 0 aliphatic heterocycles. The quantitative estimate of drug-likeness (QED) is 0.689. The van der Waals surface area contributed by atoms with Crippen molar-refractivity contribution in [2.75, 3.05) is 7.05 Å². The topological polar surface area (TPSA) is 24.9 Å². The highest BCUT2D eigenvalue weighted by molar-refractivity contribution is 9.09. The van der Waals surface area contributed by atoms with Crippen LogP contribution in [0.1, 0.15) is 16.2 Å². The molecule has 0 aliphatic carbocycles. The van der Waals surface area contributed by atoms with Crippen molar-refractivity contribution in [3.63, 3.8) is 0 Å². The predicted octanol–water partition coefficient (Wildman–Crippen LogP) is 3.73. The first-order chi connectivity index (χ1) is 7.72. The molecule has 1 aromatic carbocycles. The maximum atomic E-state index is 4.26. The minimum Gasteiger partial charge on any atom is -0.304 e. The van der Waals surface area contributed by atoms with Crippen molar-refractivity contribution >= 4 is 27.3 Å². The molecule has 84 valence electrons. The van der Waals surface area contributed by atoms with Crippen LogP contribution in [0.4, 0.5) is 0 Å². The molecule has 0 spiro atoms. The summed E-state index contributed by atoms with van der Waals surface area (Å²) >= 11 is 5.24. The first-order valence-electron chi connectivity index (χ1n) is 5.04. The molecular weight excluding hydrogens is 284 g/mol. The summed E-state index contributed by atoms with van der Waals surface area (Å²) in [7, 11) is 1.93. The molecular formula is C12H13BrN2S. The molecule has 0 fully saturated rings. The van der Waals surface area contributed by atoms with Crippen LogP contribution in [0.3, 0.4) is 0 Å². The van der Waals surface area contributed by atoms with Gasteiger partial charge in [0, 0.05) is 0 Å². The monoisotopic (exact) mass is 296 g/mol. The van der Waals surface area contributed by atoms with Crippen LogP contribution < -0.4 is 5.32 Å². The maximum absolute atomic E-state index is 4.26. The highest BCUT2D eigenvalue weighted by Gasteiger charge is 2.07. The van der Waals surface area contributed by atoms with E-state index in [2.05, 4.69) is 50.5 Å². The Labute approximate surface area is 108 Å². The highest BCUT2D eigenvalue weighted by atomic mass is 79.9. The van der Waals surface area contributed by atoms with Crippen molar-refractivity contribution < 1.29 is 0 Å². The molecule has 0 saturated heterocycles. The van der Waals surface area contributed by atoms with Gasteiger partial charge in [0.1, 0.15) is 0 Å². The number of hydrogen-bond donors (Lipinski definition) is 1. The molecule has 0 amide bonds. The SMILES string of the molecule is CNC(Br)c1ccc(-c2scnc2C)cc1. The summed E-state index contributed by atoms with van der Waals surface area (Å²) in [5.74, 6) is 0. The average molecular weight is 297 g/mol. The number of halogens is 1. The molecule has 16 heavy (non-hydrogen) atoms. The smallest absolute Gasteiger partial charge is 0.0884 e. The number of nitrogens with one attached hydrogen (secondary N) is 1. The first-order valence-corrected chi connectivity index (χ1v) is 6.83. The van der Waals surface area contributed by atoms with Gasteiger partial charge in [-0.05, 0) is 25.1 Å². The fraction of sp³-hybridized carbons (Fsp3) is 0.250. The van der Waals surface area contributed by atoms with Crippen molar-refractivity contribution in [3.05, 3.63) is 41.0 Å². The summed E-state index contributed by atoms with van der Waals surface area (Å²) in [4.78, 5) is 5.73. The Hall–Kier alpha value is -0.710. The van der Waals surface area contributed by atoms with E-state index < -0.39 is 0 Å². The van der Waals surface area contributed by atoms with E-state index in [0.29, 0.717) is 0 Å². The third-order valence-corrected chi connectivity index (χ3v) is 4.43. The van der Waals surface area contributed by atoms with E-state index >= 15 is 0 Å². The van der Waals surface area contributed by atoms with Gasteiger partial charge in [-0.3, -0.25) is 0 Å². The zero-order chi connectivity index (χ0) is 11.5. The van der Waals surface area contributed by atoms with Gasteiger partial charge in [0.05, 0.1) is 21.0 Å². The lowest BCUT2D eigenvalue weighted by molar-refractivity contribution is 0.809.